The number of ether oxygens (including phenoxy) is 3. The highest BCUT2D eigenvalue weighted by atomic mass is 35.5. The van der Waals surface area contributed by atoms with Gasteiger partial charge >= 0.3 is 11.6 Å². The Kier molecular flexibility index (Phi) is 4.36. The standard InChI is InChI=1S/C19H13ClO6/c20-14-5-12-8-23-10-25-17(12)13(6-14)9-24-18(21)15-7-11-3-1-2-4-16(11)26-19(15)22/h1-7H,8-10H2. The normalized spacial score (nSPS) is 13.1. The summed E-state index contributed by atoms with van der Waals surface area (Å²) in [6.45, 7) is 0.392. The molecule has 0 atom stereocenters. The van der Waals surface area contributed by atoms with Crippen molar-refractivity contribution in [1.82, 2.24) is 0 Å². The van der Waals surface area contributed by atoms with E-state index in [4.69, 9.17) is 30.2 Å². The van der Waals surface area contributed by atoms with Gasteiger partial charge in [0.05, 0.1) is 6.61 Å². The van der Waals surface area contributed by atoms with Crippen LogP contribution in [0.4, 0.5) is 0 Å². The molecule has 0 spiro atoms. The number of carbonyl (C=O) groups excluding carboxylic acids is 1. The van der Waals surface area contributed by atoms with Gasteiger partial charge < -0.3 is 18.6 Å². The number of carbonyl (C=O) groups is 1. The second-order valence-electron chi connectivity index (χ2n) is 5.73. The SMILES string of the molecule is O=C(OCc1cc(Cl)cc2c1OCOC2)c1cc2ccccc2oc1=O. The Balaban J connectivity index is 1.59. The molecule has 2 heterocycles. The van der Waals surface area contributed by atoms with Gasteiger partial charge in [0, 0.05) is 21.5 Å². The number of hydrogen-bond acceptors (Lipinski definition) is 6. The quantitative estimate of drug-likeness (QED) is 0.516. The summed E-state index contributed by atoms with van der Waals surface area (Å²) in [5, 5.41) is 1.12. The van der Waals surface area contributed by atoms with Crippen LogP contribution in [0.25, 0.3) is 11.0 Å². The van der Waals surface area contributed by atoms with E-state index in [0.717, 1.165) is 5.56 Å². The van der Waals surface area contributed by atoms with Crippen molar-refractivity contribution >= 4 is 28.5 Å². The average Bonchev–Trinajstić information content (AvgIpc) is 2.65. The van der Waals surface area contributed by atoms with Gasteiger partial charge in [0.15, 0.2) is 6.79 Å². The van der Waals surface area contributed by atoms with Crippen LogP contribution in [0.1, 0.15) is 21.5 Å². The second-order valence-corrected chi connectivity index (χ2v) is 6.16. The molecular formula is C19H13ClO6. The molecule has 4 rings (SSSR count). The van der Waals surface area contributed by atoms with Crippen LogP contribution in [-0.2, 0) is 22.7 Å². The van der Waals surface area contributed by atoms with Gasteiger partial charge in [-0.05, 0) is 24.3 Å². The molecule has 132 valence electrons. The van der Waals surface area contributed by atoms with E-state index in [1.54, 1.807) is 36.4 Å². The van der Waals surface area contributed by atoms with Crippen molar-refractivity contribution in [3.05, 3.63) is 74.6 Å². The monoisotopic (exact) mass is 372 g/mol. The first kappa shape index (κ1) is 16.6. The van der Waals surface area contributed by atoms with E-state index in [2.05, 4.69) is 0 Å². The second kappa shape index (κ2) is 6.82. The summed E-state index contributed by atoms with van der Waals surface area (Å²) in [5.74, 6) is -0.190. The van der Waals surface area contributed by atoms with Gasteiger partial charge in [0.2, 0.25) is 0 Å². The molecule has 0 saturated carbocycles. The largest absolute Gasteiger partial charge is 0.467 e. The third kappa shape index (κ3) is 3.16. The average molecular weight is 373 g/mol. The Morgan fingerprint density at radius 3 is 2.92 bits per heavy atom. The molecule has 0 aliphatic carbocycles. The van der Waals surface area contributed by atoms with E-state index in [-0.39, 0.29) is 19.0 Å². The van der Waals surface area contributed by atoms with Crippen LogP contribution in [0.5, 0.6) is 5.75 Å². The highest BCUT2D eigenvalue weighted by molar-refractivity contribution is 6.30. The number of para-hydroxylation sites is 1. The van der Waals surface area contributed by atoms with Gasteiger partial charge in [-0.2, -0.15) is 0 Å². The van der Waals surface area contributed by atoms with E-state index >= 15 is 0 Å². The minimum Gasteiger partial charge on any atom is -0.467 e. The van der Waals surface area contributed by atoms with Crippen LogP contribution < -0.4 is 10.4 Å². The van der Waals surface area contributed by atoms with Crippen LogP contribution in [0.2, 0.25) is 5.02 Å². The molecule has 2 aromatic carbocycles. The van der Waals surface area contributed by atoms with E-state index in [9.17, 15) is 9.59 Å². The molecule has 0 fully saturated rings. The van der Waals surface area contributed by atoms with Crippen molar-refractivity contribution < 1.29 is 23.4 Å². The number of halogens is 1. The van der Waals surface area contributed by atoms with Crippen molar-refractivity contribution in [3.8, 4) is 5.75 Å². The fraction of sp³-hybridized carbons (Fsp3) is 0.158. The lowest BCUT2D eigenvalue weighted by Crippen LogP contribution is -2.17. The summed E-state index contributed by atoms with van der Waals surface area (Å²) in [5.41, 5.74) is 0.885. The molecule has 0 saturated heterocycles. The molecule has 0 N–H and O–H groups in total. The molecule has 0 radical (unpaired) electrons. The summed E-state index contributed by atoms with van der Waals surface area (Å²) < 4.78 is 21.1. The Morgan fingerprint density at radius 2 is 2.04 bits per heavy atom. The van der Waals surface area contributed by atoms with Crippen molar-refractivity contribution in [3.63, 3.8) is 0 Å². The number of esters is 1. The molecular weight excluding hydrogens is 360 g/mol. The molecule has 7 heteroatoms. The number of fused-ring (bicyclic) bond motifs is 2. The summed E-state index contributed by atoms with van der Waals surface area (Å²) in [6.07, 6.45) is 0. The van der Waals surface area contributed by atoms with Gasteiger partial charge in [0.25, 0.3) is 0 Å². The number of benzene rings is 2. The Hall–Kier alpha value is -2.83. The van der Waals surface area contributed by atoms with Crippen LogP contribution in [-0.4, -0.2) is 12.8 Å². The van der Waals surface area contributed by atoms with Crippen LogP contribution in [0.3, 0.4) is 0 Å². The molecule has 3 aromatic rings. The Morgan fingerprint density at radius 1 is 1.19 bits per heavy atom. The highest BCUT2D eigenvalue weighted by Gasteiger charge is 2.20. The maximum Gasteiger partial charge on any atom is 0.351 e. The smallest absolute Gasteiger partial charge is 0.351 e. The van der Waals surface area contributed by atoms with Gasteiger partial charge in [-0.15, -0.1) is 0 Å². The number of rotatable bonds is 3. The first-order valence-corrected chi connectivity index (χ1v) is 8.21. The summed E-state index contributed by atoms with van der Waals surface area (Å²) in [4.78, 5) is 24.4. The van der Waals surface area contributed by atoms with Gasteiger partial charge in [0.1, 0.15) is 23.5 Å². The topological polar surface area (TPSA) is 75.0 Å². The maximum absolute atomic E-state index is 12.4. The van der Waals surface area contributed by atoms with E-state index in [1.807, 2.05) is 0 Å². The minimum atomic E-state index is -0.773. The predicted molar refractivity (Wildman–Crippen MR) is 93.3 cm³/mol. The third-order valence-electron chi connectivity index (χ3n) is 3.97. The first-order chi connectivity index (χ1) is 12.6. The molecule has 0 unspecified atom stereocenters. The Labute approximate surface area is 152 Å². The fourth-order valence-electron chi connectivity index (χ4n) is 2.79. The van der Waals surface area contributed by atoms with Gasteiger partial charge in [-0.25, -0.2) is 9.59 Å². The molecule has 1 aliphatic rings. The van der Waals surface area contributed by atoms with Crippen LogP contribution >= 0.6 is 11.6 Å². The molecule has 1 aromatic heterocycles. The predicted octanol–water partition coefficient (Wildman–Crippen LogP) is 3.67. The molecule has 6 nitrogen and oxygen atoms in total. The van der Waals surface area contributed by atoms with E-state index in [0.29, 0.717) is 33.9 Å². The lowest BCUT2D eigenvalue weighted by molar-refractivity contribution is -0.0180. The summed E-state index contributed by atoms with van der Waals surface area (Å²) >= 11 is 6.09. The third-order valence-corrected chi connectivity index (χ3v) is 4.19. The zero-order valence-corrected chi connectivity index (χ0v) is 14.2. The minimum absolute atomic E-state index is 0.0893. The summed E-state index contributed by atoms with van der Waals surface area (Å²) in [7, 11) is 0. The maximum atomic E-state index is 12.4. The fourth-order valence-corrected chi connectivity index (χ4v) is 3.05. The van der Waals surface area contributed by atoms with Gasteiger partial charge in [-0.1, -0.05) is 29.8 Å². The van der Waals surface area contributed by atoms with Crippen molar-refractivity contribution in [1.29, 1.82) is 0 Å². The number of hydrogen-bond donors (Lipinski definition) is 0. The molecule has 1 aliphatic heterocycles. The zero-order valence-electron chi connectivity index (χ0n) is 13.5. The Bertz CT molecular complexity index is 1060. The van der Waals surface area contributed by atoms with Crippen LogP contribution in [0, 0.1) is 0 Å². The first-order valence-electron chi connectivity index (χ1n) is 7.83. The highest BCUT2D eigenvalue weighted by Crippen LogP contribution is 2.32. The van der Waals surface area contributed by atoms with Crippen LogP contribution in [0.15, 0.2) is 51.7 Å². The van der Waals surface area contributed by atoms with Crippen molar-refractivity contribution in [2.45, 2.75) is 13.2 Å². The lowest BCUT2D eigenvalue weighted by atomic mass is 10.1. The van der Waals surface area contributed by atoms with E-state index in [1.165, 1.54) is 6.07 Å². The van der Waals surface area contributed by atoms with Crippen molar-refractivity contribution in [2.75, 3.05) is 6.79 Å². The zero-order chi connectivity index (χ0) is 18.1. The van der Waals surface area contributed by atoms with Gasteiger partial charge in [-0.3, -0.25) is 0 Å². The summed E-state index contributed by atoms with van der Waals surface area (Å²) in [6, 6.07) is 11.8. The lowest BCUT2D eigenvalue weighted by Gasteiger charge is -2.21. The van der Waals surface area contributed by atoms with E-state index < -0.39 is 11.6 Å². The van der Waals surface area contributed by atoms with Crippen molar-refractivity contribution in [2.24, 2.45) is 0 Å². The molecule has 0 bridgehead atoms. The molecule has 0 amide bonds. The molecule has 26 heavy (non-hydrogen) atoms.